The zero-order valence-electron chi connectivity index (χ0n) is 13.1. The number of anilines is 1. The highest BCUT2D eigenvalue weighted by atomic mass is 32.2. The molecule has 0 radical (unpaired) electrons. The summed E-state index contributed by atoms with van der Waals surface area (Å²) in [5, 5.41) is 3.52. The summed E-state index contributed by atoms with van der Waals surface area (Å²) < 4.78 is 26.7. The van der Waals surface area contributed by atoms with E-state index in [-0.39, 0.29) is 6.04 Å². The minimum atomic E-state index is -3.40. The second-order valence-corrected chi connectivity index (χ2v) is 8.13. The number of hydrogen-bond acceptors (Lipinski definition) is 3. The second-order valence-electron chi connectivity index (χ2n) is 6.41. The molecule has 1 saturated carbocycles. The van der Waals surface area contributed by atoms with Crippen LogP contribution in [0.2, 0.25) is 0 Å². The molecule has 1 aromatic rings. The van der Waals surface area contributed by atoms with Crippen molar-refractivity contribution in [1.82, 2.24) is 4.72 Å². The molecule has 118 valence electrons. The molecule has 1 fully saturated rings. The topological polar surface area (TPSA) is 58.2 Å². The number of rotatable bonds is 5. The van der Waals surface area contributed by atoms with Gasteiger partial charge in [0.1, 0.15) is 0 Å². The van der Waals surface area contributed by atoms with Crippen LogP contribution in [0.5, 0.6) is 0 Å². The molecule has 1 aromatic carbocycles. The third-order valence-corrected chi connectivity index (χ3v) is 5.54. The van der Waals surface area contributed by atoms with Gasteiger partial charge in [-0.15, -0.1) is 0 Å². The van der Waals surface area contributed by atoms with Crippen molar-refractivity contribution in [1.29, 1.82) is 0 Å². The summed E-state index contributed by atoms with van der Waals surface area (Å²) in [7, 11) is -3.40. The molecule has 0 bridgehead atoms. The number of sulfonamides is 1. The van der Waals surface area contributed by atoms with Crippen LogP contribution < -0.4 is 10.0 Å². The highest BCUT2D eigenvalue weighted by Gasteiger charge is 2.19. The van der Waals surface area contributed by atoms with Gasteiger partial charge in [-0.3, -0.25) is 0 Å². The lowest BCUT2D eigenvalue weighted by Crippen LogP contribution is -2.30. The van der Waals surface area contributed by atoms with E-state index in [0.29, 0.717) is 10.9 Å². The van der Waals surface area contributed by atoms with Crippen LogP contribution in [-0.4, -0.2) is 20.5 Å². The fourth-order valence-corrected chi connectivity index (χ4v) is 4.16. The van der Waals surface area contributed by atoms with Crippen molar-refractivity contribution in [3.05, 3.63) is 24.3 Å². The van der Waals surface area contributed by atoms with Gasteiger partial charge in [0.15, 0.2) is 0 Å². The van der Waals surface area contributed by atoms with E-state index in [1.165, 1.54) is 25.7 Å². The average Bonchev–Trinajstić information content (AvgIpc) is 2.38. The standard InChI is InChI=1S/C16H26N2O2S/c1-12(2)18-21(19,20)16-9-7-14(8-10-16)17-15-6-4-5-13(3)11-15/h7-10,12-13,15,17-18H,4-6,11H2,1-3H3. The van der Waals surface area contributed by atoms with Gasteiger partial charge in [-0.1, -0.05) is 19.8 Å². The van der Waals surface area contributed by atoms with Gasteiger partial charge in [0.2, 0.25) is 10.0 Å². The van der Waals surface area contributed by atoms with E-state index >= 15 is 0 Å². The highest BCUT2D eigenvalue weighted by Crippen LogP contribution is 2.26. The van der Waals surface area contributed by atoms with Crippen molar-refractivity contribution >= 4 is 15.7 Å². The fourth-order valence-electron chi connectivity index (χ4n) is 2.91. The lowest BCUT2D eigenvalue weighted by Gasteiger charge is -2.28. The van der Waals surface area contributed by atoms with Crippen LogP contribution in [0.4, 0.5) is 5.69 Å². The van der Waals surface area contributed by atoms with Crippen LogP contribution in [0.15, 0.2) is 29.2 Å². The molecular formula is C16H26N2O2S. The van der Waals surface area contributed by atoms with E-state index in [9.17, 15) is 8.42 Å². The van der Waals surface area contributed by atoms with E-state index in [1.54, 1.807) is 12.1 Å². The van der Waals surface area contributed by atoms with Crippen LogP contribution >= 0.6 is 0 Å². The van der Waals surface area contributed by atoms with Crippen molar-refractivity contribution in [2.45, 2.75) is 63.4 Å². The Labute approximate surface area is 128 Å². The lowest BCUT2D eigenvalue weighted by molar-refractivity contribution is 0.358. The predicted octanol–water partition coefficient (Wildman–Crippen LogP) is 3.36. The third kappa shape index (κ3) is 4.71. The summed E-state index contributed by atoms with van der Waals surface area (Å²) >= 11 is 0. The summed E-state index contributed by atoms with van der Waals surface area (Å²) in [6.45, 7) is 5.93. The Morgan fingerprint density at radius 1 is 1.14 bits per heavy atom. The van der Waals surface area contributed by atoms with Crippen LogP contribution in [0.3, 0.4) is 0 Å². The van der Waals surface area contributed by atoms with Crippen LogP contribution in [0.1, 0.15) is 46.5 Å². The number of nitrogens with one attached hydrogen (secondary N) is 2. The van der Waals surface area contributed by atoms with Gasteiger partial charge in [0.05, 0.1) is 4.90 Å². The maximum Gasteiger partial charge on any atom is 0.240 e. The monoisotopic (exact) mass is 310 g/mol. The van der Waals surface area contributed by atoms with Crippen molar-refractivity contribution in [2.75, 3.05) is 5.32 Å². The molecule has 2 atom stereocenters. The van der Waals surface area contributed by atoms with Crippen molar-refractivity contribution in [3.63, 3.8) is 0 Å². The van der Waals surface area contributed by atoms with E-state index in [0.717, 1.165) is 11.6 Å². The molecule has 0 aliphatic heterocycles. The summed E-state index contributed by atoms with van der Waals surface area (Å²) in [6, 6.07) is 7.45. The Kier molecular flexibility index (Phi) is 5.27. The molecule has 1 aliphatic carbocycles. The maximum absolute atomic E-state index is 12.1. The predicted molar refractivity (Wildman–Crippen MR) is 86.9 cm³/mol. The summed E-state index contributed by atoms with van der Waals surface area (Å²) in [5.41, 5.74) is 0.998. The van der Waals surface area contributed by atoms with Gasteiger partial charge < -0.3 is 5.32 Å². The second kappa shape index (κ2) is 6.79. The first kappa shape index (κ1) is 16.3. The van der Waals surface area contributed by atoms with E-state index in [1.807, 2.05) is 26.0 Å². The zero-order chi connectivity index (χ0) is 15.5. The first-order valence-corrected chi connectivity index (χ1v) is 9.24. The maximum atomic E-state index is 12.1. The Bertz CT molecular complexity index is 552. The van der Waals surface area contributed by atoms with Crippen LogP contribution in [0.25, 0.3) is 0 Å². The molecule has 5 heteroatoms. The molecule has 0 amide bonds. The molecular weight excluding hydrogens is 284 g/mol. The Balaban J connectivity index is 2.02. The molecule has 4 nitrogen and oxygen atoms in total. The van der Waals surface area contributed by atoms with Crippen LogP contribution in [0, 0.1) is 5.92 Å². The molecule has 1 aliphatic rings. The van der Waals surface area contributed by atoms with Crippen LogP contribution in [-0.2, 0) is 10.0 Å². The van der Waals surface area contributed by atoms with Crippen molar-refractivity contribution in [3.8, 4) is 0 Å². The number of hydrogen-bond donors (Lipinski definition) is 2. The van der Waals surface area contributed by atoms with Crippen molar-refractivity contribution in [2.24, 2.45) is 5.92 Å². The minimum absolute atomic E-state index is 0.100. The SMILES string of the molecule is CC1CCCC(Nc2ccc(S(=O)(=O)NC(C)C)cc2)C1. The Morgan fingerprint density at radius 2 is 1.81 bits per heavy atom. The molecule has 2 N–H and O–H groups in total. The Morgan fingerprint density at radius 3 is 2.38 bits per heavy atom. The van der Waals surface area contributed by atoms with E-state index < -0.39 is 10.0 Å². The van der Waals surface area contributed by atoms with Gasteiger partial charge in [0.25, 0.3) is 0 Å². The quantitative estimate of drug-likeness (QED) is 0.876. The number of benzene rings is 1. The highest BCUT2D eigenvalue weighted by molar-refractivity contribution is 7.89. The van der Waals surface area contributed by atoms with Gasteiger partial charge in [0, 0.05) is 17.8 Å². The van der Waals surface area contributed by atoms with Gasteiger partial charge >= 0.3 is 0 Å². The molecule has 0 heterocycles. The molecule has 2 rings (SSSR count). The van der Waals surface area contributed by atoms with E-state index in [2.05, 4.69) is 17.0 Å². The minimum Gasteiger partial charge on any atom is -0.382 e. The normalized spacial score (nSPS) is 23.2. The largest absolute Gasteiger partial charge is 0.382 e. The molecule has 0 spiro atoms. The summed E-state index contributed by atoms with van der Waals surface area (Å²) in [5.74, 6) is 0.770. The smallest absolute Gasteiger partial charge is 0.240 e. The summed E-state index contributed by atoms with van der Waals surface area (Å²) in [6.07, 6.45) is 4.97. The molecule has 0 saturated heterocycles. The molecule has 0 aromatic heterocycles. The molecule has 21 heavy (non-hydrogen) atoms. The lowest BCUT2D eigenvalue weighted by atomic mass is 9.87. The fraction of sp³-hybridized carbons (Fsp3) is 0.625. The molecule has 2 unspecified atom stereocenters. The summed E-state index contributed by atoms with van der Waals surface area (Å²) in [4.78, 5) is 0.318. The van der Waals surface area contributed by atoms with Gasteiger partial charge in [-0.05, 0) is 56.9 Å². The first-order chi connectivity index (χ1) is 9.87. The zero-order valence-corrected chi connectivity index (χ0v) is 13.9. The van der Waals surface area contributed by atoms with E-state index in [4.69, 9.17) is 0 Å². The van der Waals surface area contributed by atoms with Crippen molar-refractivity contribution < 1.29 is 8.42 Å². The van der Waals surface area contributed by atoms with Gasteiger partial charge in [-0.25, -0.2) is 13.1 Å². The average molecular weight is 310 g/mol. The first-order valence-electron chi connectivity index (χ1n) is 7.76. The Hall–Kier alpha value is -1.07. The third-order valence-electron chi connectivity index (χ3n) is 3.86. The van der Waals surface area contributed by atoms with Gasteiger partial charge in [-0.2, -0.15) is 0 Å².